The van der Waals surface area contributed by atoms with E-state index in [9.17, 15) is 23.1 Å². The van der Waals surface area contributed by atoms with E-state index in [0.717, 1.165) is 11.1 Å². The summed E-state index contributed by atoms with van der Waals surface area (Å²) in [7, 11) is -4.11. The number of amides is 1. The number of hydrogen-bond donors (Lipinski definition) is 2. The number of carbonyl (C=O) groups excluding carboxylic acids is 1. The number of aryl methyl sites for hydroxylation is 1. The van der Waals surface area contributed by atoms with Crippen LogP contribution in [0.4, 0.5) is 5.82 Å². The Morgan fingerprint density at radius 2 is 1.83 bits per heavy atom. The van der Waals surface area contributed by atoms with E-state index in [-0.39, 0.29) is 41.3 Å². The molecule has 1 saturated heterocycles. The molecular formula is C35H37N5O7S. The zero-order valence-electron chi connectivity index (χ0n) is 27.4. The highest BCUT2D eigenvalue weighted by molar-refractivity contribution is 7.92. The minimum atomic E-state index is -4.11. The summed E-state index contributed by atoms with van der Waals surface area (Å²) in [6, 6.07) is 17.5. The molecule has 0 radical (unpaired) electrons. The number of fused-ring (bicyclic) bond motifs is 1. The van der Waals surface area contributed by atoms with Crippen molar-refractivity contribution < 1.29 is 32.4 Å². The number of nitrogens with one attached hydrogen (secondary N) is 1. The number of nitrogens with zero attached hydrogens (tertiary/aromatic N) is 4. The Bertz CT molecular complexity index is 2170. The van der Waals surface area contributed by atoms with Crippen LogP contribution in [0.25, 0.3) is 22.2 Å². The summed E-state index contributed by atoms with van der Waals surface area (Å²) in [6.45, 7) is 10.5. The van der Waals surface area contributed by atoms with Gasteiger partial charge in [0, 0.05) is 29.6 Å². The van der Waals surface area contributed by atoms with E-state index in [1.54, 1.807) is 53.6 Å². The van der Waals surface area contributed by atoms with Crippen LogP contribution in [-0.4, -0.2) is 58.2 Å². The van der Waals surface area contributed by atoms with Crippen LogP contribution in [0.15, 0.2) is 70.1 Å². The van der Waals surface area contributed by atoms with Crippen LogP contribution in [0.1, 0.15) is 60.0 Å². The van der Waals surface area contributed by atoms with Crippen LogP contribution in [-0.2, 0) is 27.9 Å². The number of likely N-dealkylation sites (tertiary alicyclic amines) is 1. The van der Waals surface area contributed by atoms with Gasteiger partial charge >= 0.3 is 5.97 Å². The van der Waals surface area contributed by atoms with Crippen LogP contribution in [0.3, 0.4) is 0 Å². The number of anilines is 1. The van der Waals surface area contributed by atoms with E-state index in [1.807, 2.05) is 39.0 Å². The summed E-state index contributed by atoms with van der Waals surface area (Å²) in [6.07, 6.45) is 0.697. The fourth-order valence-electron chi connectivity index (χ4n) is 6.07. The molecule has 250 valence electrons. The maximum Gasteiger partial charge on any atom is 0.337 e. The SMILES string of the molecule is CCOc1nc2cccc(C(=O)O)c2n1Cc1ccc(-c2ccccc2S(=O)(=O)Nc2noc(C)c2C)c(CN2CCC(C)(C)C2=O)c1. The highest BCUT2D eigenvalue weighted by Gasteiger charge is 2.38. The molecule has 0 saturated carbocycles. The third-order valence-electron chi connectivity index (χ3n) is 8.83. The third kappa shape index (κ3) is 6.01. The Morgan fingerprint density at radius 1 is 1.06 bits per heavy atom. The number of sulfonamides is 1. The summed E-state index contributed by atoms with van der Waals surface area (Å²) in [5, 5.41) is 13.8. The van der Waals surface area contributed by atoms with E-state index in [4.69, 9.17) is 9.26 Å². The van der Waals surface area contributed by atoms with Crippen LogP contribution in [0.5, 0.6) is 6.01 Å². The maximum absolute atomic E-state index is 13.8. The molecule has 1 fully saturated rings. The standard InChI is InChI=1S/C35H37N5O7S/c1-6-46-34-36-28-12-9-11-27(32(41)42)30(28)40(34)19-23-14-15-25(24(18-23)20-39-17-16-35(4,5)33(39)43)26-10-7-8-13-29(26)48(44,45)38-31-21(2)22(3)47-37-31/h7-15,18H,6,16-17,19-20H2,1-5H3,(H,37,38)(H,41,42). The number of aromatic nitrogens is 3. The van der Waals surface area contributed by atoms with Crippen LogP contribution in [0, 0.1) is 19.3 Å². The van der Waals surface area contributed by atoms with Gasteiger partial charge in [-0.1, -0.05) is 61.5 Å². The number of carboxylic acids is 1. The molecule has 0 bridgehead atoms. The van der Waals surface area contributed by atoms with E-state index in [0.29, 0.717) is 53.1 Å². The van der Waals surface area contributed by atoms with Gasteiger partial charge in [0.25, 0.3) is 16.0 Å². The predicted molar refractivity (Wildman–Crippen MR) is 179 cm³/mol. The first kappa shape index (κ1) is 32.8. The number of benzene rings is 3. The lowest BCUT2D eigenvalue weighted by atomic mass is 9.92. The summed E-state index contributed by atoms with van der Waals surface area (Å²) < 4.78 is 42.9. The van der Waals surface area contributed by atoms with Gasteiger partial charge in [0.05, 0.1) is 34.6 Å². The molecule has 6 rings (SSSR count). The second kappa shape index (κ2) is 12.5. The number of aromatic carboxylic acids is 1. The second-order valence-electron chi connectivity index (χ2n) is 12.6. The minimum Gasteiger partial charge on any atom is -0.478 e. The van der Waals surface area contributed by atoms with Crippen molar-refractivity contribution in [3.8, 4) is 17.1 Å². The van der Waals surface area contributed by atoms with Crippen molar-refractivity contribution in [1.82, 2.24) is 19.6 Å². The minimum absolute atomic E-state index is 0.0173. The summed E-state index contributed by atoms with van der Waals surface area (Å²) in [5.74, 6) is -0.450. The molecule has 2 aromatic heterocycles. The van der Waals surface area contributed by atoms with Crippen molar-refractivity contribution >= 4 is 38.8 Å². The number of imidazole rings is 1. The van der Waals surface area contributed by atoms with Crippen LogP contribution >= 0.6 is 0 Å². The number of para-hydroxylation sites is 1. The van der Waals surface area contributed by atoms with Crippen LogP contribution in [0.2, 0.25) is 0 Å². The Kier molecular flexibility index (Phi) is 8.50. The number of hydrogen-bond acceptors (Lipinski definition) is 8. The molecule has 3 aromatic carbocycles. The highest BCUT2D eigenvalue weighted by Crippen LogP contribution is 2.37. The fourth-order valence-corrected chi connectivity index (χ4v) is 7.35. The molecule has 0 spiro atoms. The molecule has 2 N–H and O–H groups in total. The molecule has 12 nitrogen and oxygen atoms in total. The lowest BCUT2D eigenvalue weighted by molar-refractivity contribution is -0.135. The topological polar surface area (TPSA) is 157 Å². The normalized spacial score (nSPS) is 14.5. The molecule has 1 amide bonds. The van der Waals surface area contributed by atoms with Crippen LogP contribution < -0.4 is 9.46 Å². The van der Waals surface area contributed by atoms with Gasteiger partial charge in [0.1, 0.15) is 5.76 Å². The van der Waals surface area contributed by atoms with Gasteiger partial charge in [-0.25, -0.2) is 13.2 Å². The van der Waals surface area contributed by atoms with E-state index >= 15 is 0 Å². The first-order valence-corrected chi connectivity index (χ1v) is 17.1. The molecule has 13 heteroatoms. The van der Waals surface area contributed by atoms with Crippen molar-refractivity contribution in [1.29, 1.82) is 0 Å². The van der Waals surface area contributed by atoms with Gasteiger partial charge in [-0.15, -0.1) is 0 Å². The smallest absolute Gasteiger partial charge is 0.337 e. The zero-order chi connectivity index (χ0) is 34.4. The zero-order valence-corrected chi connectivity index (χ0v) is 28.2. The van der Waals surface area contributed by atoms with Gasteiger partial charge in [-0.05, 0) is 62.1 Å². The quantitative estimate of drug-likeness (QED) is 0.172. The van der Waals surface area contributed by atoms with Gasteiger partial charge in [0.2, 0.25) is 5.91 Å². The molecule has 1 aliphatic rings. The molecule has 3 heterocycles. The number of ether oxygens (including phenoxy) is 1. The van der Waals surface area contributed by atoms with E-state index in [2.05, 4.69) is 14.9 Å². The first-order valence-electron chi connectivity index (χ1n) is 15.6. The summed E-state index contributed by atoms with van der Waals surface area (Å²) >= 11 is 0. The van der Waals surface area contributed by atoms with Crippen molar-refractivity contribution in [3.05, 3.63) is 88.7 Å². The largest absolute Gasteiger partial charge is 0.478 e. The molecule has 0 atom stereocenters. The lowest BCUT2D eigenvalue weighted by Gasteiger charge is -2.23. The number of rotatable bonds is 11. The maximum atomic E-state index is 13.8. The Balaban J connectivity index is 1.47. The molecule has 1 aliphatic heterocycles. The monoisotopic (exact) mass is 671 g/mol. The van der Waals surface area contributed by atoms with E-state index < -0.39 is 21.4 Å². The van der Waals surface area contributed by atoms with E-state index in [1.165, 1.54) is 12.1 Å². The van der Waals surface area contributed by atoms with Gasteiger partial charge < -0.3 is 19.3 Å². The van der Waals surface area contributed by atoms with Crippen molar-refractivity contribution in [2.24, 2.45) is 5.41 Å². The number of carboxylic acid groups (broad SMARTS) is 1. The van der Waals surface area contributed by atoms with Gasteiger partial charge in [-0.2, -0.15) is 4.98 Å². The molecule has 48 heavy (non-hydrogen) atoms. The van der Waals surface area contributed by atoms with Gasteiger partial charge in [0.15, 0.2) is 5.82 Å². The Hall–Kier alpha value is -5.17. The Morgan fingerprint density at radius 3 is 2.50 bits per heavy atom. The van der Waals surface area contributed by atoms with Crippen molar-refractivity contribution in [2.75, 3.05) is 17.9 Å². The average Bonchev–Trinajstić information content (AvgIpc) is 3.65. The third-order valence-corrected chi connectivity index (χ3v) is 10.2. The molecule has 0 aliphatic carbocycles. The predicted octanol–water partition coefficient (Wildman–Crippen LogP) is 6.01. The summed E-state index contributed by atoms with van der Waals surface area (Å²) in [5.41, 5.74) is 3.69. The number of carbonyl (C=O) groups is 2. The molecular weight excluding hydrogens is 634 g/mol. The first-order chi connectivity index (χ1) is 22.8. The van der Waals surface area contributed by atoms with Gasteiger partial charge in [-0.3, -0.25) is 14.1 Å². The average molecular weight is 672 g/mol. The highest BCUT2D eigenvalue weighted by atomic mass is 32.2. The lowest BCUT2D eigenvalue weighted by Crippen LogP contribution is -2.30. The van der Waals surface area contributed by atoms with Crippen molar-refractivity contribution in [3.63, 3.8) is 0 Å². The summed E-state index contributed by atoms with van der Waals surface area (Å²) in [4.78, 5) is 31.9. The van der Waals surface area contributed by atoms with Crippen molar-refractivity contribution in [2.45, 2.75) is 59.0 Å². The molecule has 0 unspecified atom stereocenters. The second-order valence-corrected chi connectivity index (χ2v) is 14.2. The Labute approximate surface area is 278 Å². The fraction of sp³-hybridized carbons (Fsp3) is 0.314. The molecule has 5 aromatic rings.